The Morgan fingerprint density at radius 3 is 2.67 bits per heavy atom. The van der Waals surface area contributed by atoms with E-state index in [-0.39, 0.29) is 11.9 Å². The fraction of sp³-hybridized carbons (Fsp3) is 0.529. The highest BCUT2D eigenvalue weighted by atomic mass is 16.6. The molecule has 114 valence electrons. The molecule has 0 radical (unpaired) electrons. The molecule has 0 heterocycles. The Hall–Kier alpha value is -1.84. The zero-order chi connectivity index (χ0) is 15.5. The van der Waals surface area contributed by atoms with Crippen molar-refractivity contribution in [1.82, 2.24) is 0 Å². The van der Waals surface area contributed by atoms with Crippen LogP contribution in [0.3, 0.4) is 0 Å². The van der Waals surface area contributed by atoms with Gasteiger partial charge in [-0.05, 0) is 44.2 Å². The smallest absolute Gasteiger partial charge is 0.338 e. The lowest BCUT2D eigenvalue weighted by molar-refractivity contribution is -0.158. The largest absolute Gasteiger partial charge is 0.468 e. The van der Waals surface area contributed by atoms with Gasteiger partial charge in [-0.15, -0.1) is 0 Å². The molecule has 0 bridgehead atoms. The molecule has 4 nitrogen and oxygen atoms in total. The van der Waals surface area contributed by atoms with Gasteiger partial charge in [0, 0.05) is 0 Å². The van der Waals surface area contributed by atoms with E-state index in [0.29, 0.717) is 24.8 Å². The lowest BCUT2D eigenvalue weighted by Crippen LogP contribution is -2.41. The molecule has 0 spiro atoms. The highest BCUT2D eigenvalue weighted by Gasteiger charge is 2.51. The van der Waals surface area contributed by atoms with Gasteiger partial charge in [-0.25, -0.2) is 4.79 Å². The number of carbonyl (C=O) groups excluding carboxylic acids is 2. The minimum absolute atomic E-state index is 0.273. The fourth-order valence-corrected chi connectivity index (χ4v) is 3.19. The number of benzene rings is 1. The molecule has 21 heavy (non-hydrogen) atoms. The first-order valence-electron chi connectivity index (χ1n) is 7.40. The van der Waals surface area contributed by atoms with E-state index in [2.05, 4.69) is 0 Å². The first kappa shape index (κ1) is 15.5. The van der Waals surface area contributed by atoms with Crippen molar-refractivity contribution in [3.63, 3.8) is 0 Å². The van der Waals surface area contributed by atoms with Gasteiger partial charge in [-0.3, -0.25) is 4.79 Å². The molecule has 1 aliphatic rings. The van der Waals surface area contributed by atoms with Crippen molar-refractivity contribution in [2.45, 2.75) is 45.6 Å². The summed E-state index contributed by atoms with van der Waals surface area (Å²) in [6.07, 6.45) is 2.50. The van der Waals surface area contributed by atoms with E-state index in [0.717, 1.165) is 12.0 Å². The maximum atomic E-state index is 12.4. The molecule has 2 unspecified atom stereocenters. The number of methoxy groups -OCH3 is 1. The average molecular weight is 290 g/mol. The highest BCUT2D eigenvalue weighted by molar-refractivity contribution is 5.91. The van der Waals surface area contributed by atoms with E-state index in [1.54, 1.807) is 6.07 Å². The van der Waals surface area contributed by atoms with Crippen molar-refractivity contribution in [3.8, 4) is 0 Å². The summed E-state index contributed by atoms with van der Waals surface area (Å²) in [5.41, 5.74) is 0.743. The van der Waals surface area contributed by atoms with Crippen LogP contribution in [0.15, 0.2) is 24.3 Å². The number of hydrogen-bond acceptors (Lipinski definition) is 4. The summed E-state index contributed by atoms with van der Waals surface area (Å²) >= 11 is 0. The molecular weight excluding hydrogens is 268 g/mol. The van der Waals surface area contributed by atoms with E-state index < -0.39 is 11.5 Å². The van der Waals surface area contributed by atoms with Crippen molar-refractivity contribution in [3.05, 3.63) is 35.4 Å². The minimum Gasteiger partial charge on any atom is -0.468 e. The van der Waals surface area contributed by atoms with Crippen LogP contribution in [0.1, 0.15) is 48.5 Å². The Labute approximate surface area is 125 Å². The number of hydrogen-bond donors (Lipinski definition) is 0. The molecule has 0 amide bonds. The quantitative estimate of drug-likeness (QED) is 0.799. The lowest BCUT2D eigenvalue weighted by atomic mass is 9.81. The number of esters is 2. The molecule has 1 aliphatic carbocycles. The third-order valence-corrected chi connectivity index (χ3v) is 4.54. The summed E-state index contributed by atoms with van der Waals surface area (Å²) in [4.78, 5) is 24.5. The number of carbonyl (C=O) groups is 2. The minimum atomic E-state index is -0.687. The van der Waals surface area contributed by atoms with Crippen LogP contribution in [0, 0.1) is 12.3 Å². The molecule has 0 aromatic heterocycles. The van der Waals surface area contributed by atoms with Gasteiger partial charge in [-0.1, -0.05) is 25.1 Å². The normalized spacial score (nSPS) is 24.6. The molecular formula is C17H22O4. The van der Waals surface area contributed by atoms with E-state index >= 15 is 0 Å². The van der Waals surface area contributed by atoms with Crippen LogP contribution in [0.25, 0.3) is 0 Å². The van der Waals surface area contributed by atoms with Crippen molar-refractivity contribution < 1.29 is 19.1 Å². The van der Waals surface area contributed by atoms with Crippen molar-refractivity contribution in [2.24, 2.45) is 5.41 Å². The molecule has 1 saturated carbocycles. The Balaban J connectivity index is 2.20. The SMILES string of the molecule is CCC1(C(=O)OC)CCCC1OC(=O)c1ccccc1C. The van der Waals surface area contributed by atoms with Gasteiger partial charge in [0.1, 0.15) is 11.5 Å². The van der Waals surface area contributed by atoms with Gasteiger partial charge in [0.25, 0.3) is 0 Å². The Bertz CT molecular complexity index is 537. The van der Waals surface area contributed by atoms with Gasteiger partial charge < -0.3 is 9.47 Å². The van der Waals surface area contributed by atoms with Gasteiger partial charge in [0.15, 0.2) is 0 Å². The average Bonchev–Trinajstić information content (AvgIpc) is 2.90. The van der Waals surface area contributed by atoms with E-state index in [4.69, 9.17) is 9.47 Å². The summed E-state index contributed by atoms with van der Waals surface area (Å²) in [6.45, 7) is 3.81. The fourth-order valence-electron chi connectivity index (χ4n) is 3.19. The first-order chi connectivity index (χ1) is 10.0. The van der Waals surface area contributed by atoms with Crippen LogP contribution < -0.4 is 0 Å². The number of ether oxygens (including phenoxy) is 2. The Morgan fingerprint density at radius 1 is 1.33 bits per heavy atom. The molecule has 4 heteroatoms. The molecule has 2 atom stereocenters. The maximum Gasteiger partial charge on any atom is 0.338 e. The maximum absolute atomic E-state index is 12.4. The Kier molecular flexibility index (Phi) is 4.66. The number of aryl methyl sites for hydroxylation is 1. The van der Waals surface area contributed by atoms with Crippen molar-refractivity contribution >= 4 is 11.9 Å². The van der Waals surface area contributed by atoms with E-state index in [9.17, 15) is 9.59 Å². The molecule has 0 aliphatic heterocycles. The molecule has 1 aromatic rings. The Morgan fingerprint density at radius 2 is 2.05 bits per heavy atom. The number of rotatable bonds is 4. The summed E-state index contributed by atoms with van der Waals surface area (Å²) in [5.74, 6) is -0.633. The van der Waals surface area contributed by atoms with Gasteiger partial charge >= 0.3 is 11.9 Å². The second-order valence-corrected chi connectivity index (χ2v) is 5.60. The molecule has 1 aromatic carbocycles. The summed E-state index contributed by atoms with van der Waals surface area (Å²) in [6, 6.07) is 7.31. The second-order valence-electron chi connectivity index (χ2n) is 5.60. The topological polar surface area (TPSA) is 52.6 Å². The predicted octanol–water partition coefficient (Wildman–Crippen LogP) is 3.27. The molecule has 0 saturated heterocycles. The van der Waals surface area contributed by atoms with Crippen LogP contribution in [0.4, 0.5) is 0 Å². The standard InChI is InChI=1S/C17H22O4/c1-4-17(16(19)20-3)11-7-10-14(17)21-15(18)13-9-6-5-8-12(13)2/h5-6,8-9,14H,4,7,10-11H2,1-3H3. The highest BCUT2D eigenvalue weighted by Crippen LogP contribution is 2.44. The molecule has 1 fully saturated rings. The third-order valence-electron chi connectivity index (χ3n) is 4.54. The zero-order valence-corrected chi connectivity index (χ0v) is 12.8. The van der Waals surface area contributed by atoms with E-state index in [1.165, 1.54) is 7.11 Å². The van der Waals surface area contributed by atoms with Crippen LogP contribution >= 0.6 is 0 Å². The van der Waals surface area contributed by atoms with Gasteiger partial charge in [0.05, 0.1) is 12.7 Å². The molecule has 0 N–H and O–H groups in total. The van der Waals surface area contributed by atoms with Crippen LogP contribution in [0.2, 0.25) is 0 Å². The summed E-state index contributed by atoms with van der Waals surface area (Å²) in [5, 5.41) is 0. The van der Waals surface area contributed by atoms with Crippen LogP contribution in [0.5, 0.6) is 0 Å². The third kappa shape index (κ3) is 2.80. The molecule has 2 rings (SSSR count). The predicted molar refractivity (Wildman–Crippen MR) is 79.0 cm³/mol. The van der Waals surface area contributed by atoms with Gasteiger partial charge in [0.2, 0.25) is 0 Å². The van der Waals surface area contributed by atoms with Crippen molar-refractivity contribution in [1.29, 1.82) is 0 Å². The first-order valence-corrected chi connectivity index (χ1v) is 7.40. The van der Waals surface area contributed by atoms with Crippen molar-refractivity contribution in [2.75, 3.05) is 7.11 Å². The lowest BCUT2D eigenvalue weighted by Gasteiger charge is -2.31. The summed E-state index contributed by atoms with van der Waals surface area (Å²) < 4.78 is 10.6. The summed E-state index contributed by atoms with van der Waals surface area (Å²) in [7, 11) is 1.39. The monoisotopic (exact) mass is 290 g/mol. The van der Waals surface area contributed by atoms with Crippen LogP contribution in [-0.4, -0.2) is 25.2 Å². The van der Waals surface area contributed by atoms with Crippen LogP contribution in [-0.2, 0) is 14.3 Å². The van der Waals surface area contributed by atoms with Gasteiger partial charge in [-0.2, -0.15) is 0 Å². The van der Waals surface area contributed by atoms with E-state index in [1.807, 2.05) is 32.0 Å². The second kappa shape index (κ2) is 6.29. The zero-order valence-electron chi connectivity index (χ0n) is 12.8.